The van der Waals surface area contributed by atoms with Gasteiger partial charge in [0.1, 0.15) is 5.75 Å². The lowest BCUT2D eigenvalue weighted by Crippen LogP contribution is -2.11. The van der Waals surface area contributed by atoms with Crippen LogP contribution in [0.2, 0.25) is 5.02 Å². The van der Waals surface area contributed by atoms with E-state index in [0.717, 1.165) is 6.42 Å². The average molecular weight is 257 g/mol. The smallest absolute Gasteiger partial charge is 0.337 e. The Balaban J connectivity index is 2.67. The number of hydrogen-bond acceptors (Lipinski definition) is 2. The van der Waals surface area contributed by atoms with E-state index in [9.17, 15) is 4.79 Å². The van der Waals surface area contributed by atoms with Crippen LogP contribution in [0.5, 0.6) is 5.75 Å². The van der Waals surface area contributed by atoms with E-state index < -0.39 is 5.97 Å². The van der Waals surface area contributed by atoms with E-state index >= 15 is 0 Å². The summed E-state index contributed by atoms with van der Waals surface area (Å²) in [5.41, 5.74) is 0.266. The molecule has 0 aromatic heterocycles. The van der Waals surface area contributed by atoms with Crippen molar-refractivity contribution in [1.29, 1.82) is 0 Å². The maximum Gasteiger partial charge on any atom is 0.337 e. The van der Waals surface area contributed by atoms with Gasteiger partial charge in [0.05, 0.1) is 17.2 Å². The molecule has 0 fully saturated rings. The first kappa shape index (κ1) is 13.8. The molecule has 0 unspecified atom stereocenters. The minimum atomic E-state index is -1.05. The van der Waals surface area contributed by atoms with Gasteiger partial charge in [-0.1, -0.05) is 32.4 Å². The molecule has 0 atom stereocenters. The summed E-state index contributed by atoms with van der Waals surface area (Å²) in [6.45, 7) is 6.94. The number of hydrogen-bond donors (Lipinski definition) is 1. The Morgan fingerprint density at radius 2 is 2.06 bits per heavy atom. The molecular weight excluding hydrogens is 240 g/mol. The van der Waals surface area contributed by atoms with Crippen LogP contribution in [0.3, 0.4) is 0 Å². The van der Waals surface area contributed by atoms with Gasteiger partial charge < -0.3 is 9.84 Å². The topological polar surface area (TPSA) is 46.5 Å². The van der Waals surface area contributed by atoms with Gasteiger partial charge in [-0.15, -0.1) is 0 Å². The van der Waals surface area contributed by atoms with Crippen LogP contribution >= 0.6 is 11.6 Å². The molecule has 0 saturated carbocycles. The minimum Gasteiger partial charge on any atom is -0.494 e. The van der Waals surface area contributed by atoms with Crippen LogP contribution < -0.4 is 4.74 Å². The van der Waals surface area contributed by atoms with E-state index in [4.69, 9.17) is 21.4 Å². The molecule has 17 heavy (non-hydrogen) atoms. The molecule has 1 aromatic rings. The fourth-order valence-electron chi connectivity index (χ4n) is 1.23. The highest BCUT2D eigenvalue weighted by Crippen LogP contribution is 2.24. The summed E-state index contributed by atoms with van der Waals surface area (Å²) in [6, 6.07) is 4.67. The Kier molecular flexibility index (Phi) is 4.40. The highest BCUT2D eigenvalue weighted by atomic mass is 35.5. The van der Waals surface area contributed by atoms with Gasteiger partial charge in [0, 0.05) is 0 Å². The van der Waals surface area contributed by atoms with Crippen molar-refractivity contribution in [3.05, 3.63) is 28.8 Å². The lowest BCUT2D eigenvalue weighted by molar-refractivity contribution is 0.0696. The third-order valence-corrected chi connectivity index (χ3v) is 2.62. The zero-order chi connectivity index (χ0) is 13.1. The summed E-state index contributed by atoms with van der Waals surface area (Å²) in [7, 11) is 0. The number of halogens is 1. The predicted molar refractivity (Wildman–Crippen MR) is 68.0 cm³/mol. The Bertz CT molecular complexity index is 408. The third kappa shape index (κ3) is 4.65. The first-order valence-corrected chi connectivity index (χ1v) is 5.83. The average Bonchev–Trinajstić information content (AvgIpc) is 2.18. The zero-order valence-electron chi connectivity index (χ0n) is 10.3. The van der Waals surface area contributed by atoms with E-state index in [1.807, 2.05) is 0 Å². The van der Waals surface area contributed by atoms with Crippen molar-refractivity contribution in [2.45, 2.75) is 27.2 Å². The van der Waals surface area contributed by atoms with Crippen LogP contribution in [-0.2, 0) is 0 Å². The molecule has 0 aliphatic heterocycles. The normalized spacial score (nSPS) is 11.3. The third-order valence-electron chi connectivity index (χ3n) is 2.29. The van der Waals surface area contributed by atoms with Gasteiger partial charge in [-0.25, -0.2) is 4.79 Å². The van der Waals surface area contributed by atoms with Gasteiger partial charge >= 0.3 is 5.97 Å². The molecule has 1 rings (SSSR count). The van der Waals surface area contributed by atoms with Crippen molar-refractivity contribution < 1.29 is 14.6 Å². The number of carboxylic acid groups (broad SMARTS) is 1. The van der Waals surface area contributed by atoms with Crippen molar-refractivity contribution in [2.75, 3.05) is 6.61 Å². The minimum absolute atomic E-state index is 0.0694. The van der Waals surface area contributed by atoms with Gasteiger partial charge in [-0.3, -0.25) is 0 Å². The number of benzene rings is 1. The van der Waals surface area contributed by atoms with Gasteiger partial charge in [-0.05, 0) is 30.0 Å². The van der Waals surface area contributed by atoms with E-state index in [-0.39, 0.29) is 16.0 Å². The van der Waals surface area contributed by atoms with Crippen molar-refractivity contribution in [2.24, 2.45) is 5.41 Å². The molecule has 0 aliphatic carbocycles. The lowest BCUT2D eigenvalue weighted by Gasteiger charge is -2.18. The molecule has 1 aromatic carbocycles. The molecule has 1 N–H and O–H groups in total. The first-order valence-electron chi connectivity index (χ1n) is 5.45. The quantitative estimate of drug-likeness (QED) is 0.890. The van der Waals surface area contributed by atoms with Crippen molar-refractivity contribution >= 4 is 17.6 Å². The van der Waals surface area contributed by atoms with Gasteiger partial charge in [-0.2, -0.15) is 0 Å². The lowest BCUT2D eigenvalue weighted by atomic mass is 9.93. The molecule has 0 aliphatic rings. The molecule has 4 heteroatoms. The second-order valence-electron chi connectivity index (χ2n) is 5.11. The first-order chi connectivity index (χ1) is 7.79. The van der Waals surface area contributed by atoms with E-state index in [2.05, 4.69) is 20.8 Å². The Labute approximate surface area is 106 Å². The van der Waals surface area contributed by atoms with Crippen LogP contribution in [0, 0.1) is 5.41 Å². The highest BCUT2D eigenvalue weighted by molar-refractivity contribution is 6.33. The van der Waals surface area contributed by atoms with Crippen LogP contribution in [0.4, 0.5) is 0 Å². The van der Waals surface area contributed by atoms with Gasteiger partial charge in [0.15, 0.2) is 0 Å². The molecule has 0 amide bonds. The summed E-state index contributed by atoms with van der Waals surface area (Å²) >= 11 is 5.76. The van der Waals surface area contributed by atoms with Crippen molar-refractivity contribution in [3.63, 3.8) is 0 Å². The van der Waals surface area contributed by atoms with Gasteiger partial charge in [0.2, 0.25) is 0 Å². The van der Waals surface area contributed by atoms with Crippen LogP contribution in [0.25, 0.3) is 0 Å². The maximum atomic E-state index is 10.9. The monoisotopic (exact) mass is 256 g/mol. The van der Waals surface area contributed by atoms with E-state index in [1.165, 1.54) is 12.1 Å². The molecule has 94 valence electrons. The Morgan fingerprint density at radius 3 is 2.59 bits per heavy atom. The van der Waals surface area contributed by atoms with E-state index in [1.54, 1.807) is 6.07 Å². The predicted octanol–water partition coefficient (Wildman–Crippen LogP) is 3.85. The molecule has 0 radical (unpaired) electrons. The summed E-state index contributed by atoms with van der Waals surface area (Å²) in [4.78, 5) is 10.9. The molecule has 0 bridgehead atoms. The summed E-state index contributed by atoms with van der Waals surface area (Å²) in [5.74, 6) is -0.507. The van der Waals surface area contributed by atoms with Crippen LogP contribution in [0.15, 0.2) is 18.2 Å². The number of carboxylic acids is 1. The molecular formula is C13H17ClO3. The largest absolute Gasteiger partial charge is 0.494 e. The SMILES string of the molecule is CC(C)(C)CCOc1ccc(Cl)c(C(=O)O)c1. The van der Waals surface area contributed by atoms with Gasteiger partial charge in [0.25, 0.3) is 0 Å². The van der Waals surface area contributed by atoms with Crippen LogP contribution in [0.1, 0.15) is 37.6 Å². The highest BCUT2D eigenvalue weighted by Gasteiger charge is 2.12. The standard InChI is InChI=1S/C13H17ClO3/c1-13(2,3)6-7-17-9-4-5-11(14)10(8-9)12(15)16/h4-5,8H,6-7H2,1-3H3,(H,15,16). The van der Waals surface area contributed by atoms with Crippen molar-refractivity contribution in [3.8, 4) is 5.75 Å². The fraction of sp³-hybridized carbons (Fsp3) is 0.462. The fourth-order valence-corrected chi connectivity index (χ4v) is 1.43. The van der Waals surface area contributed by atoms with Crippen molar-refractivity contribution in [1.82, 2.24) is 0 Å². The Morgan fingerprint density at radius 1 is 1.41 bits per heavy atom. The summed E-state index contributed by atoms with van der Waals surface area (Å²) in [6.07, 6.45) is 0.901. The number of rotatable bonds is 4. The summed E-state index contributed by atoms with van der Waals surface area (Å²) in [5, 5.41) is 9.13. The number of carbonyl (C=O) groups is 1. The zero-order valence-corrected chi connectivity index (χ0v) is 11.0. The van der Waals surface area contributed by atoms with E-state index in [0.29, 0.717) is 12.4 Å². The summed E-state index contributed by atoms with van der Waals surface area (Å²) < 4.78 is 5.51. The molecule has 0 spiro atoms. The maximum absolute atomic E-state index is 10.9. The second kappa shape index (κ2) is 5.41. The Hall–Kier alpha value is -1.22. The second-order valence-corrected chi connectivity index (χ2v) is 5.51. The number of aromatic carboxylic acids is 1. The number of ether oxygens (including phenoxy) is 1. The molecule has 0 heterocycles. The molecule has 0 saturated heterocycles. The van der Waals surface area contributed by atoms with Crippen LogP contribution in [-0.4, -0.2) is 17.7 Å². The molecule has 3 nitrogen and oxygen atoms in total.